The lowest BCUT2D eigenvalue weighted by Gasteiger charge is -2.00. The highest BCUT2D eigenvalue weighted by Crippen LogP contribution is 1.91. The first-order valence-corrected chi connectivity index (χ1v) is 4.17. The quantitative estimate of drug-likeness (QED) is 0.681. The van der Waals surface area contributed by atoms with Crippen molar-refractivity contribution in [2.24, 2.45) is 0 Å². The molecule has 0 unspecified atom stereocenters. The van der Waals surface area contributed by atoms with E-state index in [9.17, 15) is 4.79 Å². The fourth-order valence-corrected chi connectivity index (χ4v) is 0.923. The van der Waals surface area contributed by atoms with Gasteiger partial charge in [-0.1, -0.05) is 0 Å². The molecule has 1 heterocycles. The summed E-state index contributed by atoms with van der Waals surface area (Å²) in [5.74, 6) is 0.314. The number of alkyl halides is 1. The lowest BCUT2D eigenvalue weighted by atomic mass is 10.4. The molecule has 0 radical (unpaired) electrons. The molecule has 0 atom stereocenters. The zero-order valence-electron chi connectivity index (χ0n) is 6.51. The fraction of sp³-hybridized carbons (Fsp3) is 0.429. The summed E-state index contributed by atoms with van der Waals surface area (Å²) in [4.78, 5) is 10.9. The SMILES string of the molecule is O=C(CCCl)NCc1ccn[nH]1. The van der Waals surface area contributed by atoms with Gasteiger partial charge in [-0.05, 0) is 6.07 Å². The molecule has 1 aromatic heterocycles. The molecule has 0 bridgehead atoms. The molecule has 66 valence electrons. The van der Waals surface area contributed by atoms with Crippen molar-refractivity contribution in [3.63, 3.8) is 0 Å². The third kappa shape index (κ3) is 2.92. The molecule has 0 aliphatic heterocycles. The van der Waals surface area contributed by atoms with Crippen molar-refractivity contribution in [3.05, 3.63) is 18.0 Å². The molecule has 1 aromatic rings. The van der Waals surface area contributed by atoms with Crippen LogP contribution in [0.3, 0.4) is 0 Å². The predicted molar refractivity (Wildman–Crippen MR) is 45.8 cm³/mol. The maximum atomic E-state index is 10.9. The van der Waals surface area contributed by atoms with Crippen LogP contribution in [0.25, 0.3) is 0 Å². The highest BCUT2D eigenvalue weighted by Gasteiger charge is 1.99. The van der Waals surface area contributed by atoms with Gasteiger partial charge in [0.1, 0.15) is 0 Å². The number of rotatable bonds is 4. The number of halogens is 1. The first kappa shape index (κ1) is 9.06. The molecule has 0 saturated carbocycles. The Hall–Kier alpha value is -1.03. The number of hydrogen-bond donors (Lipinski definition) is 2. The van der Waals surface area contributed by atoms with Crippen molar-refractivity contribution in [1.82, 2.24) is 15.5 Å². The number of aromatic nitrogens is 2. The van der Waals surface area contributed by atoms with Gasteiger partial charge in [-0.2, -0.15) is 5.10 Å². The second kappa shape index (κ2) is 4.77. The average molecular weight is 188 g/mol. The van der Waals surface area contributed by atoms with Crippen LogP contribution < -0.4 is 5.32 Å². The fourth-order valence-electron chi connectivity index (χ4n) is 0.751. The molecule has 0 fully saturated rings. The molecule has 0 spiro atoms. The van der Waals surface area contributed by atoms with Gasteiger partial charge in [-0.15, -0.1) is 11.6 Å². The van der Waals surface area contributed by atoms with Crippen molar-refractivity contribution in [1.29, 1.82) is 0 Å². The smallest absolute Gasteiger partial charge is 0.221 e. The van der Waals surface area contributed by atoms with Gasteiger partial charge in [0, 0.05) is 18.5 Å². The zero-order valence-corrected chi connectivity index (χ0v) is 7.27. The summed E-state index contributed by atoms with van der Waals surface area (Å²) in [7, 11) is 0. The third-order valence-electron chi connectivity index (χ3n) is 1.36. The second-order valence-corrected chi connectivity index (χ2v) is 2.68. The summed E-state index contributed by atoms with van der Waals surface area (Å²) in [5.41, 5.74) is 0.887. The normalized spacial score (nSPS) is 9.75. The Kier molecular flexibility index (Phi) is 3.60. The van der Waals surface area contributed by atoms with E-state index >= 15 is 0 Å². The molecule has 5 heteroatoms. The van der Waals surface area contributed by atoms with Gasteiger partial charge in [-0.25, -0.2) is 0 Å². The van der Waals surface area contributed by atoms with Gasteiger partial charge in [0.15, 0.2) is 0 Å². The van der Waals surface area contributed by atoms with Crippen LogP contribution in [0.2, 0.25) is 0 Å². The standard InChI is InChI=1S/C7H10ClN3O/c8-3-1-7(12)9-5-6-2-4-10-11-6/h2,4H,1,3,5H2,(H,9,12)(H,10,11). The Morgan fingerprint density at radius 3 is 3.17 bits per heavy atom. The molecule has 0 aromatic carbocycles. The average Bonchev–Trinajstić information content (AvgIpc) is 2.53. The van der Waals surface area contributed by atoms with E-state index < -0.39 is 0 Å². The van der Waals surface area contributed by atoms with E-state index in [1.54, 1.807) is 12.3 Å². The zero-order chi connectivity index (χ0) is 8.81. The molecule has 1 amide bonds. The van der Waals surface area contributed by atoms with Crippen molar-refractivity contribution in [3.8, 4) is 0 Å². The van der Waals surface area contributed by atoms with E-state index in [1.165, 1.54) is 0 Å². The lowest BCUT2D eigenvalue weighted by molar-refractivity contribution is -0.120. The molecule has 0 saturated heterocycles. The van der Waals surface area contributed by atoms with E-state index in [4.69, 9.17) is 11.6 Å². The minimum absolute atomic E-state index is 0.0420. The van der Waals surface area contributed by atoms with Gasteiger partial charge < -0.3 is 5.32 Å². The topological polar surface area (TPSA) is 57.8 Å². The minimum atomic E-state index is -0.0420. The molecule has 0 aliphatic carbocycles. The minimum Gasteiger partial charge on any atom is -0.350 e. The van der Waals surface area contributed by atoms with Crippen molar-refractivity contribution in [2.75, 3.05) is 5.88 Å². The lowest BCUT2D eigenvalue weighted by Crippen LogP contribution is -2.22. The number of nitrogens with zero attached hydrogens (tertiary/aromatic N) is 1. The summed E-state index contributed by atoms with van der Waals surface area (Å²) >= 11 is 5.38. The Morgan fingerprint density at radius 2 is 2.58 bits per heavy atom. The predicted octanol–water partition coefficient (Wildman–Crippen LogP) is 0.655. The summed E-state index contributed by atoms with van der Waals surface area (Å²) in [6, 6.07) is 1.81. The largest absolute Gasteiger partial charge is 0.350 e. The summed E-state index contributed by atoms with van der Waals surface area (Å²) in [5, 5.41) is 9.17. The van der Waals surface area contributed by atoms with Crippen LogP contribution in [0.4, 0.5) is 0 Å². The van der Waals surface area contributed by atoms with Gasteiger partial charge >= 0.3 is 0 Å². The highest BCUT2D eigenvalue weighted by molar-refractivity contribution is 6.18. The van der Waals surface area contributed by atoms with Crippen LogP contribution in [0, 0.1) is 0 Å². The molecular weight excluding hydrogens is 178 g/mol. The van der Waals surface area contributed by atoms with E-state index in [1.807, 2.05) is 0 Å². The summed E-state index contributed by atoms with van der Waals surface area (Å²) in [6.45, 7) is 0.482. The first-order valence-electron chi connectivity index (χ1n) is 3.64. The Bertz CT molecular complexity index is 235. The summed E-state index contributed by atoms with van der Waals surface area (Å²) < 4.78 is 0. The van der Waals surface area contributed by atoms with Gasteiger partial charge in [-0.3, -0.25) is 9.89 Å². The third-order valence-corrected chi connectivity index (χ3v) is 1.54. The van der Waals surface area contributed by atoms with Crippen LogP contribution in [0.5, 0.6) is 0 Å². The van der Waals surface area contributed by atoms with Gasteiger partial charge in [0.2, 0.25) is 5.91 Å². The molecular formula is C7H10ClN3O. The van der Waals surface area contributed by atoms with Crippen LogP contribution in [0.15, 0.2) is 12.3 Å². The van der Waals surface area contributed by atoms with Crippen molar-refractivity contribution in [2.45, 2.75) is 13.0 Å². The number of hydrogen-bond acceptors (Lipinski definition) is 2. The van der Waals surface area contributed by atoms with Gasteiger partial charge in [0.05, 0.1) is 12.2 Å². The van der Waals surface area contributed by atoms with E-state index in [0.29, 0.717) is 18.8 Å². The molecule has 4 nitrogen and oxygen atoms in total. The maximum Gasteiger partial charge on any atom is 0.221 e. The molecule has 2 N–H and O–H groups in total. The Balaban J connectivity index is 2.22. The number of carbonyl (C=O) groups excluding carboxylic acids is 1. The molecule has 12 heavy (non-hydrogen) atoms. The number of carbonyl (C=O) groups is 1. The highest BCUT2D eigenvalue weighted by atomic mass is 35.5. The Morgan fingerprint density at radius 1 is 1.75 bits per heavy atom. The number of H-pyrrole nitrogens is 1. The van der Waals surface area contributed by atoms with Crippen LogP contribution in [-0.4, -0.2) is 22.0 Å². The van der Waals surface area contributed by atoms with Crippen LogP contribution in [0.1, 0.15) is 12.1 Å². The number of aromatic amines is 1. The maximum absolute atomic E-state index is 10.9. The van der Waals surface area contributed by atoms with E-state index in [0.717, 1.165) is 5.69 Å². The van der Waals surface area contributed by atoms with Crippen LogP contribution in [-0.2, 0) is 11.3 Å². The molecule has 1 rings (SSSR count). The van der Waals surface area contributed by atoms with Crippen LogP contribution >= 0.6 is 11.6 Å². The van der Waals surface area contributed by atoms with Gasteiger partial charge in [0.25, 0.3) is 0 Å². The molecule has 0 aliphatic rings. The first-order chi connectivity index (χ1) is 5.83. The second-order valence-electron chi connectivity index (χ2n) is 2.30. The van der Waals surface area contributed by atoms with E-state index in [-0.39, 0.29) is 5.91 Å². The Labute approximate surface area is 75.3 Å². The monoisotopic (exact) mass is 187 g/mol. The number of nitrogens with one attached hydrogen (secondary N) is 2. The van der Waals surface area contributed by atoms with E-state index in [2.05, 4.69) is 15.5 Å². The summed E-state index contributed by atoms with van der Waals surface area (Å²) in [6.07, 6.45) is 2.00. The number of amides is 1. The van der Waals surface area contributed by atoms with Crippen molar-refractivity contribution >= 4 is 17.5 Å². The van der Waals surface area contributed by atoms with Crippen molar-refractivity contribution < 1.29 is 4.79 Å².